The van der Waals surface area contributed by atoms with Crippen molar-refractivity contribution >= 4 is 68.3 Å². The third-order valence-electron chi connectivity index (χ3n) is 3.10. The molecule has 0 saturated heterocycles. The highest BCUT2D eigenvalue weighted by Crippen LogP contribution is 2.31. The van der Waals surface area contributed by atoms with Gasteiger partial charge < -0.3 is 20.0 Å². The molecule has 0 fully saturated rings. The Hall–Kier alpha value is -2.70. The molecule has 12 heteroatoms. The molecule has 0 saturated carbocycles. The zero-order valence-electron chi connectivity index (χ0n) is 13.7. The van der Waals surface area contributed by atoms with Crippen molar-refractivity contribution in [2.24, 2.45) is 5.16 Å². The minimum atomic E-state index is -0.841. The van der Waals surface area contributed by atoms with Gasteiger partial charge in [0.15, 0.2) is 10.9 Å². The molecule has 2 heterocycles. The van der Waals surface area contributed by atoms with Crippen LogP contribution in [-0.2, 0) is 19.2 Å². The second-order valence-corrected chi connectivity index (χ2v) is 7.50. The predicted octanol–water partition coefficient (Wildman–Crippen LogP) is 2.12. The van der Waals surface area contributed by atoms with Gasteiger partial charge >= 0.3 is 11.9 Å². The van der Waals surface area contributed by atoms with Crippen LogP contribution in [0.4, 0.5) is 5.13 Å². The van der Waals surface area contributed by atoms with Gasteiger partial charge in [0.1, 0.15) is 15.6 Å². The smallest absolute Gasteiger partial charge is 0.368 e. The molecule has 2 N–H and O–H groups in total. The Kier molecular flexibility index (Phi) is 5.88. The Bertz CT molecular complexity index is 1030. The fraction of sp³-hybridized carbons (Fsp3) is 0.133. The molecule has 0 bridgehead atoms. The molecule has 2 aromatic heterocycles. The first-order valence-corrected chi connectivity index (χ1v) is 9.41. The second-order valence-electron chi connectivity index (χ2n) is 4.85. The molecule has 1 aromatic carbocycles. The van der Waals surface area contributed by atoms with Crippen molar-refractivity contribution in [1.29, 1.82) is 0 Å². The van der Waals surface area contributed by atoms with Crippen LogP contribution in [0.15, 0.2) is 33.1 Å². The summed E-state index contributed by atoms with van der Waals surface area (Å²) in [5.41, 5.74) is 6.02. The summed E-state index contributed by atoms with van der Waals surface area (Å²) in [7, 11) is 1.20. The highest BCUT2D eigenvalue weighted by Gasteiger charge is 2.22. The molecule has 3 rings (SSSR count). The van der Waals surface area contributed by atoms with E-state index < -0.39 is 18.5 Å². The fourth-order valence-electron chi connectivity index (χ4n) is 1.94. The number of carbonyl (C=O) groups is 2. The number of benzene rings is 1. The third-order valence-corrected chi connectivity index (χ3v) is 4.97. The summed E-state index contributed by atoms with van der Waals surface area (Å²) in [6, 6.07) is 5.15. The topological polar surface area (TPSA) is 126 Å². The minimum Gasteiger partial charge on any atom is -0.466 e. The summed E-state index contributed by atoms with van der Waals surface area (Å²) in [6.07, 6.45) is 0. The maximum absolute atomic E-state index is 12.6. The second kappa shape index (κ2) is 8.33. The molecule has 0 radical (unpaired) electrons. The van der Waals surface area contributed by atoms with E-state index in [0.717, 1.165) is 16.0 Å². The molecule has 140 valence electrons. The van der Waals surface area contributed by atoms with E-state index in [-0.39, 0.29) is 22.3 Å². The largest absolute Gasteiger partial charge is 0.466 e. The van der Waals surface area contributed by atoms with Crippen molar-refractivity contribution in [3.63, 3.8) is 0 Å². The van der Waals surface area contributed by atoms with Crippen LogP contribution in [0.1, 0.15) is 5.69 Å². The summed E-state index contributed by atoms with van der Waals surface area (Å²) < 4.78 is 11.2. The van der Waals surface area contributed by atoms with E-state index in [1.54, 1.807) is 12.1 Å². The van der Waals surface area contributed by atoms with Crippen molar-refractivity contribution < 1.29 is 23.9 Å². The normalized spacial score (nSPS) is 11.4. The number of oxime groups is 1. The first-order chi connectivity index (χ1) is 13.0. The van der Waals surface area contributed by atoms with Gasteiger partial charge in [0.25, 0.3) is 0 Å². The van der Waals surface area contributed by atoms with E-state index in [1.807, 2.05) is 6.07 Å². The Morgan fingerprint density at radius 3 is 2.85 bits per heavy atom. The SMILES string of the molecule is COC(=O)CO/N=C(\C(=O)Oc1cccc2sc(S)nc12)c1csc(N)n1. The summed E-state index contributed by atoms with van der Waals surface area (Å²) >= 11 is 6.68. The molecule has 0 aliphatic heterocycles. The number of carbonyl (C=O) groups excluding carboxylic acids is 2. The number of hydrogen-bond donors (Lipinski definition) is 2. The molecule has 0 unspecified atom stereocenters. The fourth-order valence-corrected chi connectivity index (χ4v) is 3.60. The van der Waals surface area contributed by atoms with Crippen LogP contribution in [0.2, 0.25) is 0 Å². The van der Waals surface area contributed by atoms with E-state index in [1.165, 1.54) is 23.8 Å². The van der Waals surface area contributed by atoms with Gasteiger partial charge in [-0.3, -0.25) is 0 Å². The maximum atomic E-state index is 12.6. The third kappa shape index (κ3) is 4.53. The number of fused-ring (bicyclic) bond motifs is 1. The van der Waals surface area contributed by atoms with Crippen LogP contribution in [0, 0.1) is 0 Å². The van der Waals surface area contributed by atoms with E-state index in [9.17, 15) is 9.59 Å². The number of nitrogens with zero attached hydrogens (tertiary/aromatic N) is 3. The number of ether oxygens (including phenoxy) is 2. The number of nitrogens with two attached hydrogens (primary N) is 1. The number of methoxy groups -OCH3 is 1. The Morgan fingerprint density at radius 1 is 1.33 bits per heavy atom. The molecular formula is C15H12N4O5S3. The molecule has 9 nitrogen and oxygen atoms in total. The van der Waals surface area contributed by atoms with Crippen molar-refractivity contribution in [3.05, 3.63) is 29.3 Å². The summed E-state index contributed by atoms with van der Waals surface area (Å²) in [4.78, 5) is 36.9. The van der Waals surface area contributed by atoms with Gasteiger partial charge in [-0.15, -0.1) is 35.3 Å². The summed E-state index contributed by atoms with van der Waals surface area (Å²) in [5, 5.41) is 5.43. The average Bonchev–Trinajstić information content (AvgIpc) is 3.23. The standard InChI is InChI=1S/C15H12N4O5S3/c1-22-10(20)5-23-19-11(7-6-26-14(16)17-7)13(21)24-8-3-2-4-9-12(8)18-15(25)27-9/h2-4,6H,5H2,1H3,(H2,16,17)(H,18,25)/b19-11-. The molecule has 0 atom stereocenters. The zero-order valence-corrected chi connectivity index (χ0v) is 16.3. The minimum absolute atomic E-state index is 0.160. The molecule has 0 aliphatic carbocycles. The number of anilines is 1. The van der Waals surface area contributed by atoms with Crippen molar-refractivity contribution in [2.75, 3.05) is 19.5 Å². The molecule has 0 amide bonds. The molecular weight excluding hydrogens is 412 g/mol. The Balaban J connectivity index is 1.88. The lowest BCUT2D eigenvalue weighted by Crippen LogP contribution is -2.23. The van der Waals surface area contributed by atoms with E-state index >= 15 is 0 Å². The molecule has 3 aromatic rings. The highest BCUT2D eigenvalue weighted by atomic mass is 32.2. The van der Waals surface area contributed by atoms with Gasteiger partial charge in [0.2, 0.25) is 12.3 Å². The van der Waals surface area contributed by atoms with E-state index in [4.69, 9.17) is 15.3 Å². The van der Waals surface area contributed by atoms with Crippen molar-refractivity contribution in [2.45, 2.75) is 4.34 Å². The monoisotopic (exact) mass is 424 g/mol. The summed E-state index contributed by atoms with van der Waals surface area (Å²) in [6.45, 7) is -0.475. The van der Waals surface area contributed by atoms with Crippen LogP contribution >= 0.6 is 35.3 Å². The van der Waals surface area contributed by atoms with Gasteiger partial charge in [-0.05, 0) is 12.1 Å². The number of thiol groups is 1. The predicted molar refractivity (Wildman–Crippen MR) is 104 cm³/mol. The van der Waals surface area contributed by atoms with Crippen LogP contribution in [0.25, 0.3) is 10.2 Å². The lowest BCUT2D eigenvalue weighted by molar-refractivity contribution is -0.146. The van der Waals surface area contributed by atoms with Gasteiger partial charge in [0, 0.05) is 5.38 Å². The molecule has 0 spiro atoms. The first-order valence-electron chi connectivity index (χ1n) is 7.26. The maximum Gasteiger partial charge on any atom is 0.368 e. The van der Waals surface area contributed by atoms with Crippen molar-refractivity contribution in [3.8, 4) is 5.75 Å². The quantitative estimate of drug-likeness (QED) is 0.203. The number of para-hydroxylation sites is 1. The molecule has 27 heavy (non-hydrogen) atoms. The highest BCUT2D eigenvalue weighted by molar-refractivity contribution is 7.82. The number of rotatable bonds is 6. The summed E-state index contributed by atoms with van der Waals surface area (Å²) in [5.74, 6) is -1.26. The van der Waals surface area contributed by atoms with Gasteiger partial charge in [-0.25, -0.2) is 19.6 Å². The lowest BCUT2D eigenvalue weighted by atomic mass is 10.3. The van der Waals surface area contributed by atoms with Crippen LogP contribution in [-0.4, -0.2) is 41.3 Å². The lowest BCUT2D eigenvalue weighted by Gasteiger charge is -2.06. The average molecular weight is 424 g/mol. The van der Waals surface area contributed by atoms with Gasteiger partial charge in [-0.1, -0.05) is 11.2 Å². The number of hydrogen-bond acceptors (Lipinski definition) is 12. The number of thiazole rings is 2. The van der Waals surface area contributed by atoms with Crippen LogP contribution in [0.5, 0.6) is 5.75 Å². The Morgan fingerprint density at radius 2 is 2.15 bits per heavy atom. The van der Waals surface area contributed by atoms with Gasteiger partial charge in [0.05, 0.1) is 11.8 Å². The van der Waals surface area contributed by atoms with Crippen LogP contribution in [0.3, 0.4) is 0 Å². The molecule has 0 aliphatic rings. The van der Waals surface area contributed by atoms with Gasteiger partial charge in [-0.2, -0.15) is 0 Å². The Labute approximate surface area is 166 Å². The first kappa shape index (κ1) is 19.1. The number of nitrogen functional groups attached to an aromatic ring is 1. The van der Waals surface area contributed by atoms with E-state index in [2.05, 4.69) is 32.5 Å². The van der Waals surface area contributed by atoms with E-state index in [0.29, 0.717) is 9.86 Å². The number of aromatic nitrogens is 2. The van der Waals surface area contributed by atoms with Crippen molar-refractivity contribution in [1.82, 2.24) is 9.97 Å². The zero-order chi connectivity index (χ0) is 19.4. The van der Waals surface area contributed by atoms with Crippen LogP contribution < -0.4 is 10.5 Å². The number of esters is 2.